The number of nitrogens with one attached hydrogen (secondary N) is 2. The lowest BCUT2D eigenvalue weighted by Gasteiger charge is -2.17. The Morgan fingerprint density at radius 3 is 2.35 bits per heavy atom. The van der Waals surface area contributed by atoms with Crippen LogP contribution in [0.2, 0.25) is 5.02 Å². The Balaban J connectivity index is 2.02. The van der Waals surface area contributed by atoms with Crippen molar-refractivity contribution in [3.63, 3.8) is 0 Å². The number of rotatable bonds is 5. The first-order chi connectivity index (χ1) is 10.9. The summed E-state index contributed by atoms with van der Waals surface area (Å²) < 4.78 is 0. The van der Waals surface area contributed by atoms with Gasteiger partial charge in [0.2, 0.25) is 5.91 Å². The molecule has 0 bridgehead atoms. The van der Waals surface area contributed by atoms with Gasteiger partial charge in [-0.3, -0.25) is 9.59 Å². The van der Waals surface area contributed by atoms with Crippen LogP contribution in [-0.2, 0) is 4.79 Å². The standard InChI is InChI=1S/C18H19ClN2O2/c1-11-16(19)5-4-6-17(11)20-12(2)18(23)21-15-9-7-14(8-10-15)13(3)22/h4-10,12,20H,1-3H3,(H,21,23)/t12-/m0/s1. The van der Waals surface area contributed by atoms with Crippen LogP contribution in [-0.4, -0.2) is 17.7 Å². The molecule has 0 aliphatic heterocycles. The van der Waals surface area contributed by atoms with E-state index in [2.05, 4.69) is 10.6 Å². The maximum atomic E-state index is 12.3. The van der Waals surface area contributed by atoms with Crippen molar-refractivity contribution in [1.82, 2.24) is 0 Å². The summed E-state index contributed by atoms with van der Waals surface area (Å²) in [4.78, 5) is 23.5. The topological polar surface area (TPSA) is 58.2 Å². The number of carbonyl (C=O) groups excluding carboxylic acids is 2. The molecule has 2 aromatic rings. The van der Waals surface area contributed by atoms with E-state index in [1.807, 2.05) is 25.1 Å². The van der Waals surface area contributed by atoms with E-state index < -0.39 is 6.04 Å². The Morgan fingerprint density at radius 1 is 1.09 bits per heavy atom. The molecule has 0 fully saturated rings. The molecule has 1 amide bonds. The van der Waals surface area contributed by atoms with Gasteiger partial charge in [-0.1, -0.05) is 17.7 Å². The third-order valence-corrected chi connectivity index (χ3v) is 4.00. The second-order valence-electron chi connectivity index (χ2n) is 5.40. The summed E-state index contributed by atoms with van der Waals surface area (Å²) >= 11 is 6.08. The van der Waals surface area contributed by atoms with Gasteiger partial charge >= 0.3 is 0 Å². The first-order valence-corrected chi connectivity index (χ1v) is 7.70. The highest BCUT2D eigenvalue weighted by molar-refractivity contribution is 6.31. The maximum absolute atomic E-state index is 12.3. The molecule has 0 saturated heterocycles. The Bertz CT molecular complexity index is 726. The molecule has 0 heterocycles. The number of ketones is 1. The zero-order valence-corrected chi connectivity index (χ0v) is 14.1. The highest BCUT2D eigenvalue weighted by Gasteiger charge is 2.14. The molecule has 23 heavy (non-hydrogen) atoms. The van der Waals surface area contributed by atoms with Gasteiger partial charge in [0.1, 0.15) is 6.04 Å². The number of benzene rings is 2. The van der Waals surface area contributed by atoms with Gasteiger partial charge < -0.3 is 10.6 Å². The average molecular weight is 331 g/mol. The van der Waals surface area contributed by atoms with Crippen molar-refractivity contribution in [3.05, 3.63) is 58.6 Å². The Kier molecular flexibility index (Phi) is 5.40. The highest BCUT2D eigenvalue weighted by atomic mass is 35.5. The summed E-state index contributed by atoms with van der Waals surface area (Å²) in [5.41, 5.74) is 2.99. The normalized spacial score (nSPS) is 11.7. The first kappa shape index (κ1) is 17.0. The van der Waals surface area contributed by atoms with Crippen LogP contribution in [0, 0.1) is 6.92 Å². The van der Waals surface area contributed by atoms with E-state index in [0.29, 0.717) is 16.3 Å². The lowest BCUT2D eigenvalue weighted by atomic mass is 10.1. The van der Waals surface area contributed by atoms with E-state index in [9.17, 15) is 9.59 Å². The molecule has 0 unspecified atom stereocenters. The second-order valence-corrected chi connectivity index (χ2v) is 5.81. The quantitative estimate of drug-likeness (QED) is 0.804. The molecule has 0 radical (unpaired) electrons. The van der Waals surface area contributed by atoms with Gasteiger partial charge in [0.05, 0.1) is 0 Å². The molecule has 120 valence electrons. The molecule has 4 nitrogen and oxygen atoms in total. The van der Waals surface area contributed by atoms with Crippen LogP contribution in [0.25, 0.3) is 0 Å². The summed E-state index contributed by atoms with van der Waals surface area (Å²) in [5, 5.41) is 6.62. The zero-order valence-electron chi connectivity index (χ0n) is 13.3. The first-order valence-electron chi connectivity index (χ1n) is 7.32. The van der Waals surface area contributed by atoms with Gasteiger partial charge in [-0.25, -0.2) is 0 Å². The molecule has 2 rings (SSSR count). The Labute approximate surface area is 140 Å². The average Bonchev–Trinajstić information content (AvgIpc) is 2.52. The van der Waals surface area contributed by atoms with Crippen LogP contribution >= 0.6 is 11.6 Å². The number of amides is 1. The molecule has 1 atom stereocenters. The van der Waals surface area contributed by atoms with Crippen LogP contribution in [0.1, 0.15) is 29.8 Å². The molecular formula is C18H19ClN2O2. The molecule has 0 aromatic heterocycles. The lowest BCUT2D eigenvalue weighted by molar-refractivity contribution is -0.116. The van der Waals surface area contributed by atoms with E-state index in [1.54, 1.807) is 31.2 Å². The van der Waals surface area contributed by atoms with Gasteiger partial charge in [0.15, 0.2) is 5.78 Å². The van der Waals surface area contributed by atoms with Crippen molar-refractivity contribution >= 4 is 34.7 Å². The third-order valence-electron chi connectivity index (χ3n) is 3.59. The van der Waals surface area contributed by atoms with Crippen molar-refractivity contribution in [2.45, 2.75) is 26.8 Å². The maximum Gasteiger partial charge on any atom is 0.246 e. The number of anilines is 2. The van der Waals surface area contributed by atoms with E-state index in [0.717, 1.165) is 11.3 Å². The minimum atomic E-state index is -0.431. The van der Waals surface area contributed by atoms with Gasteiger partial charge in [-0.05, 0) is 62.7 Å². The summed E-state index contributed by atoms with van der Waals surface area (Å²) in [6, 6.07) is 11.9. The van der Waals surface area contributed by atoms with Crippen molar-refractivity contribution < 1.29 is 9.59 Å². The van der Waals surface area contributed by atoms with E-state index in [1.165, 1.54) is 6.92 Å². The Hall–Kier alpha value is -2.33. The minimum absolute atomic E-state index is 0.00524. The fourth-order valence-electron chi connectivity index (χ4n) is 2.10. The summed E-state index contributed by atoms with van der Waals surface area (Å²) in [7, 11) is 0. The lowest BCUT2D eigenvalue weighted by Crippen LogP contribution is -2.32. The number of carbonyl (C=O) groups is 2. The second kappa shape index (κ2) is 7.29. The van der Waals surface area contributed by atoms with Crippen LogP contribution in [0.3, 0.4) is 0 Å². The molecular weight excluding hydrogens is 312 g/mol. The number of halogens is 1. The SMILES string of the molecule is CC(=O)c1ccc(NC(=O)[C@H](C)Nc2cccc(Cl)c2C)cc1. The third kappa shape index (κ3) is 4.33. The summed E-state index contributed by atoms with van der Waals surface area (Å²) in [6.07, 6.45) is 0. The van der Waals surface area contributed by atoms with Crippen LogP contribution in [0.5, 0.6) is 0 Å². The summed E-state index contributed by atoms with van der Waals surface area (Å²) in [5.74, 6) is -0.172. The molecule has 2 aromatic carbocycles. The van der Waals surface area contributed by atoms with E-state index >= 15 is 0 Å². The summed E-state index contributed by atoms with van der Waals surface area (Å²) in [6.45, 7) is 5.18. The van der Waals surface area contributed by atoms with Crippen LogP contribution in [0.4, 0.5) is 11.4 Å². The van der Waals surface area contributed by atoms with Crippen molar-refractivity contribution in [2.75, 3.05) is 10.6 Å². The van der Waals surface area contributed by atoms with Crippen molar-refractivity contribution in [2.24, 2.45) is 0 Å². The predicted octanol–water partition coefficient (Wildman–Crippen LogP) is 4.29. The zero-order chi connectivity index (χ0) is 17.0. The van der Waals surface area contributed by atoms with Gasteiger partial charge in [-0.15, -0.1) is 0 Å². The molecule has 0 saturated carbocycles. The molecule has 0 aliphatic rings. The smallest absolute Gasteiger partial charge is 0.246 e. The Morgan fingerprint density at radius 2 is 1.74 bits per heavy atom. The number of hydrogen-bond donors (Lipinski definition) is 2. The molecule has 0 aliphatic carbocycles. The molecule has 5 heteroatoms. The fourth-order valence-corrected chi connectivity index (χ4v) is 2.28. The van der Waals surface area contributed by atoms with Crippen molar-refractivity contribution in [1.29, 1.82) is 0 Å². The van der Waals surface area contributed by atoms with E-state index in [4.69, 9.17) is 11.6 Å². The van der Waals surface area contributed by atoms with Crippen LogP contribution in [0.15, 0.2) is 42.5 Å². The minimum Gasteiger partial charge on any atom is -0.374 e. The van der Waals surface area contributed by atoms with Gasteiger partial charge in [0, 0.05) is 22.0 Å². The molecule has 2 N–H and O–H groups in total. The monoisotopic (exact) mass is 330 g/mol. The van der Waals surface area contributed by atoms with Gasteiger partial charge in [-0.2, -0.15) is 0 Å². The molecule has 0 spiro atoms. The fraction of sp³-hybridized carbons (Fsp3) is 0.222. The van der Waals surface area contributed by atoms with Crippen LogP contribution < -0.4 is 10.6 Å². The van der Waals surface area contributed by atoms with Crippen molar-refractivity contribution in [3.8, 4) is 0 Å². The number of hydrogen-bond acceptors (Lipinski definition) is 3. The predicted molar refractivity (Wildman–Crippen MR) is 94.3 cm³/mol. The van der Waals surface area contributed by atoms with E-state index in [-0.39, 0.29) is 11.7 Å². The highest BCUT2D eigenvalue weighted by Crippen LogP contribution is 2.23. The number of Topliss-reactive ketones (excluding diaryl/α,β-unsaturated/α-hetero) is 1. The van der Waals surface area contributed by atoms with Gasteiger partial charge in [0.25, 0.3) is 0 Å². The largest absolute Gasteiger partial charge is 0.374 e.